The van der Waals surface area contributed by atoms with Crippen LogP contribution in [0.5, 0.6) is 17.2 Å². The zero-order valence-electron chi connectivity index (χ0n) is 26.0. The number of carbonyl (C=O) groups excluding carboxylic acids is 2. The first kappa shape index (κ1) is 29.6. The van der Waals surface area contributed by atoms with Crippen molar-refractivity contribution in [2.45, 2.75) is 96.2 Å². The van der Waals surface area contributed by atoms with Gasteiger partial charge in [-0.25, -0.2) is 4.79 Å². The standard InChI is InChI=1S/C34H40O9/c1-16(2)9-10-19-26-18(12-13-31(4,5)41-26)24(35)22-25(36)23-28(40-8)20-15-21-32(6,7)43-33(29(20)37,14-11-17(3)30(38)39)34(21,23)42-27(19)22/h9,11-13,20-21,23,28,35H,10,14-15H2,1-8H3,(H,38,39)/b17-11-/t20-,21-,23?,28?,33-,34-/m0/s1. The number of aromatic hydroxyl groups is 1. The summed E-state index contributed by atoms with van der Waals surface area (Å²) in [5.41, 5.74) is -2.57. The summed E-state index contributed by atoms with van der Waals surface area (Å²) in [5.74, 6) is -3.41. The Kier molecular flexibility index (Phi) is 6.40. The molecule has 4 fully saturated rings. The normalized spacial score (nSPS) is 34.1. The number of Topliss-reactive ketones (excluding diaryl/α,β-unsaturated/α-hetero) is 2. The van der Waals surface area contributed by atoms with E-state index in [0.717, 1.165) is 5.57 Å². The Balaban J connectivity index is 1.68. The molecule has 6 aliphatic rings. The fourth-order valence-corrected chi connectivity index (χ4v) is 8.31. The quantitative estimate of drug-likeness (QED) is 0.338. The molecule has 43 heavy (non-hydrogen) atoms. The highest BCUT2D eigenvalue weighted by Crippen LogP contribution is 2.70. The SMILES string of the molecule is COC1C2C(=O)c3c(O)c4c(c(CC=C(C)C)c3O[C@@]23[C@H]2C[C@@H]1C(=O)[C@]3(C/C=C(/C)C(=O)O)OC2(C)C)OC(C)(C)C=C4. The molecule has 7 rings (SSSR count). The number of carbonyl (C=O) groups is 3. The molecule has 2 N–H and O–H groups in total. The van der Waals surface area contributed by atoms with Crippen molar-refractivity contribution >= 4 is 23.6 Å². The number of methoxy groups -OCH3 is 1. The highest BCUT2D eigenvalue weighted by atomic mass is 16.6. The van der Waals surface area contributed by atoms with Gasteiger partial charge in [-0.2, -0.15) is 0 Å². The van der Waals surface area contributed by atoms with Crippen LogP contribution in [0.2, 0.25) is 0 Å². The van der Waals surface area contributed by atoms with Gasteiger partial charge >= 0.3 is 5.97 Å². The lowest BCUT2D eigenvalue weighted by molar-refractivity contribution is -0.224. The van der Waals surface area contributed by atoms with Gasteiger partial charge in [0.25, 0.3) is 0 Å². The molecule has 0 aromatic heterocycles. The zero-order chi connectivity index (χ0) is 31.4. The number of carboxylic acid groups (broad SMARTS) is 1. The summed E-state index contributed by atoms with van der Waals surface area (Å²) in [6.07, 6.45) is 6.97. The summed E-state index contributed by atoms with van der Waals surface area (Å²) < 4.78 is 26.2. The van der Waals surface area contributed by atoms with Crippen LogP contribution < -0.4 is 9.47 Å². The van der Waals surface area contributed by atoms with Crippen molar-refractivity contribution in [3.8, 4) is 17.2 Å². The molecule has 9 heteroatoms. The van der Waals surface area contributed by atoms with Gasteiger partial charge in [-0.1, -0.05) is 17.7 Å². The maximum Gasteiger partial charge on any atom is 0.330 e. The van der Waals surface area contributed by atoms with E-state index in [4.69, 9.17) is 18.9 Å². The van der Waals surface area contributed by atoms with Gasteiger partial charge in [-0.05, 0) is 73.5 Å². The molecule has 1 aromatic carbocycles. The first-order valence-electron chi connectivity index (χ1n) is 14.9. The van der Waals surface area contributed by atoms with E-state index in [2.05, 4.69) is 0 Å². The number of ketones is 2. The van der Waals surface area contributed by atoms with Gasteiger partial charge in [0, 0.05) is 36.5 Å². The van der Waals surface area contributed by atoms with Crippen molar-refractivity contribution < 1.29 is 43.5 Å². The lowest BCUT2D eigenvalue weighted by Gasteiger charge is -2.62. The molecule has 1 spiro atoms. The number of aliphatic carboxylic acids is 1. The second-order valence-electron chi connectivity index (χ2n) is 13.9. The Morgan fingerprint density at radius 3 is 2.42 bits per heavy atom. The van der Waals surface area contributed by atoms with Crippen LogP contribution in [0.4, 0.5) is 0 Å². The van der Waals surface area contributed by atoms with E-state index in [-0.39, 0.29) is 40.6 Å². The van der Waals surface area contributed by atoms with E-state index in [1.807, 2.05) is 53.7 Å². The van der Waals surface area contributed by atoms with Crippen LogP contribution in [0.3, 0.4) is 0 Å². The van der Waals surface area contributed by atoms with Crippen molar-refractivity contribution in [2.75, 3.05) is 7.11 Å². The Bertz CT molecular complexity index is 1560. The molecule has 6 atom stereocenters. The summed E-state index contributed by atoms with van der Waals surface area (Å²) in [4.78, 5) is 41.2. The number of rotatable bonds is 6. The Hall–Kier alpha value is -3.43. The number of carboxylic acids is 1. The predicted molar refractivity (Wildman–Crippen MR) is 157 cm³/mol. The van der Waals surface area contributed by atoms with Crippen LogP contribution in [-0.4, -0.2) is 63.4 Å². The molecule has 1 aromatic rings. The van der Waals surface area contributed by atoms with E-state index in [9.17, 15) is 24.6 Å². The summed E-state index contributed by atoms with van der Waals surface area (Å²) in [5, 5.41) is 21.3. The smallest absolute Gasteiger partial charge is 0.330 e. The number of allylic oxidation sites excluding steroid dienone is 2. The van der Waals surface area contributed by atoms with Gasteiger partial charge in [0.15, 0.2) is 22.8 Å². The molecule has 0 amide bonds. The number of hydrogen-bond acceptors (Lipinski definition) is 8. The summed E-state index contributed by atoms with van der Waals surface area (Å²) in [6.45, 7) is 13.0. The van der Waals surface area contributed by atoms with Crippen LogP contribution in [0.25, 0.3) is 6.08 Å². The highest BCUT2D eigenvalue weighted by molar-refractivity contribution is 6.10. The van der Waals surface area contributed by atoms with Gasteiger partial charge in [-0.3, -0.25) is 9.59 Å². The Morgan fingerprint density at radius 1 is 1.09 bits per heavy atom. The monoisotopic (exact) mass is 592 g/mol. The molecular formula is C34H40O9. The van der Waals surface area contributed by atoms with E-state index >= 15 is 0 Å². The van der Waals surface area contributed by atoms with E-state index in [0.29, 0.717) is 29.7 Å². The minimum absolute atomic E-state index is 0.0474. The molecule has 3 heterocycles. The van der Waals surface area contributed by atoms with Crippen LogP contribution in [-0.2, 0) is 25.5 Å². The van der Waals surface area contributed by atoms with Crippen molar-refractivity contribution in [1.82, 2.24) is 0 Å². The molecule has 3 aliphatic carbocycles. The van der Waals surface area contributed by atoms with Crippen LogP contribution in [0.1, 0.15) is 82.8 Å². The third kappa shape index (κ3) is 3.80. The van der Waals surface area contributed by atoms with Crippen LogP contribution >= 0.6 is 0 Å². The fourth-order valence-electron chi connectivity index (χ4n) is 8.31. The number of benzene rings is 1. The molecule has 2 unspecified atom stereocenters. The number of ether oxygens (including phenoxy) is 4. The maximum atomic E-state index is 14.9. The molecule has 4 bridgehead atoms. The number of hydrogen-bond donors (Lipinski definition) is 2. The van der Waals surface area contributed by atoms with Gasteiger partial charge in [0.05, 0.1) is 23.2 Å². The summed E-state index contributed by atoms with van der Waals surface area (Å²) in [6, 6.07) is 0. The largest absolute Gasteiger partial charge is 0.506 e. The second kappa shape index (κ2) is 9.29. The predicted octanol–water partition coefficient (Wildman–Crippen LogP) is 5.22. The minimum atomic E-state index is -1.65. The first-order chi connectivity index (χ1) is 20.0. The van der Waals surface area contributed by atoms with Gasteiger partial charge in [0.1, 0.15) is 28.4 Å². The third-order valence-corrected chi connectivity index (χ3v) is 10.2. The number of fused-ring (bicyclic) bond motifs is 2. The van der Waals surface area contributed by atoms with Gasteiger partial charge in [0.2, 0.25) is 0 Å². The highest BCUT2D eigenvalue weighted by Gasteiger charge is 2.85. The number of phenols is 1. The average molecular weight is 593 g/mol. The lowest BCUT2D eigenvalue weighted by atomic mass is 9.45. The van der Waals surface area contributed by atoms with Crippen molar-refractivity contribution in [3.05, 3.63) is 46.1 Å². The molecule has 230 valence electrons. The molecule has 3 aliphatic heterocycles. The Morgan fingerprint density at radius 2 is 1.79 bits per heavy atom. The van der Waals surface area contributed by atoms with E-state index < -0.39 is 52.2 Å². The number of phenolic OH excluding ortho intramolecular Hbond substituents is 1. The second-order valence-corrected chi connectivity index (χ2v) is 13.9. The van der Waals surface area contributed by atoms with Crippen molar-refractivity contribution in [1.29, 1.82) is 0 Å². The van der Waals surface area contributed by atoms with Gasteiger partial charge < -0.3 is 29.2 Å². The first-order valence-corrected chi connectivity index (χ1v) is 14.9. The molecule has 9 nitrogen and oxygen atoms in total. The maximum absolute atomic E-state index is 14.9. The third-order valence-electron chi connectivity index (χ3n) is 10.2. The molecule has 3 saturated carbocycles. The topological polar surface area (TPSA) is 129 Å². The summed E-state index contributed by atoms with van der Waals surface area (Å²) in [7, 11) is 1.48. The van der Waals surface area contributed by atoms with Gasteiger partial charge in [-0.15, -0.1) is 0 Å². The average Bonchev–Trinajstić information content (AvgIpc) is 3.06. The summed E-state index contributed by atoms with van der Waals surface area (Å²) >= 11 is 0. The van der Waals surface area contributed by atoms with E-state index in [1.165, 1.54) is 20.1 Å². The van der Waals surface area contributed by atoms with Crippen molar-refractivity contribution in [2.24, 2.45) is 17.8 Å². The van der Waals surface area contributed by atoms with Crippen LogP contribution in [0, 0.1) is 17.8 Å². The van der Waals surface area contributed by atoms with Crippen LogP contribution in [0.15, 0.2) is 29.4 Å². The Labute approximate surface area is 251 Å². The minimum Gasteiger partial charge on any atom is -0.506 e. The molecule has 0 radical (unpaired) electrons. The fraction of sp³-hybridized carbons (Fsp3) is 0.559. The van der Waals surface area contributed by atoms with E-state index in [1.54, 1.807) is 6.08 Å². The zero-order valence-corrected chi connectivity index (χ0v) is 26.0. The lowest BCUT2D eigenvalue weighted by Crippen LogP contribution is -2.80. The molecular weight excluding hydrogens is 552 g/mol. The van der Waals surface area contributed by atoms with Crippen molar-refractivity contribution in [3.63, 3.8) is 0 Å². The molecule has 1 saturated heterocycles.